The lowest BCUT2D eigenvalue weighted by Gasteiger charge is -2.33. The van der Waals surface area contributed by atoms with E-state index in [-0.39, 0.29) is 0 Å². The molecule has 1 saturated heterocycles. The van der Waals surface area contributed by atoms with Gasteiger partial charge in [0, 0.05) is 32.7 Å². The van der Waals surface area contributed by atoms with Crippen molar-refractivity contribution in [2.75, 3.05) is 31.8 Å². The Balaban J connectivity index is 1.26. The predicted molar refractivity (Wildman–Crippen MR) is 105 cm³/mol. The molecule has 138 valence electrons. The Bertz CT molecular complexity index is 755. The smallest absolute Gasteiger partial charge is 0.231 e. The minimum absolute atomic E-state index is 0.305. The molecular weight excluding hydrogens is 348 g/mol. The van der Waals surface area contributed by atoms with Gasteiger partial charge in [-0.15, -0.1) is 11.3 Å². The molecule has 3 heterocycles. The molecular formula is C19H24N4O2S. The van der Waals surface area contributed by atoms with Crippen LogP contribution in [0.3, 0.4) is 0 Å². The van der Waals surface area contributed by atoms with Gasteiger partial charge < -0.3 is 25.0 Å². The number of fused-ring (bicyclic) bond motifs is 1. The molecule has 0 unspecified atom stereocenters. The third-order valence-corrected chi connectivity index (χ3v) is 5.70. The van der Waals surface area contributed by atoms with Crippen molar-refractivity contribution in [3.8, 4) is 11.5 Å². The van der Waals surface area contributed by atoms with E-state index in [4.69, 9.17) is 9.47 Å². The zero-order chi connectivity index (χ0) is 17.8. The number of guanidine groups is 1. The topological polar surface area (TPSA) is 58.1 Å². The third kappa shape index (κ3) is 3.88. The predicted octanol–water partition coefficient (Wildman–Crippen LogP) is 2.81. The molecule has 0 saturated carbocycles. The van der Waals surface area contributed by atoms with Crippen LogP contribution in [-0.2, 0) is 6.54 Å². The summed E-state index contributed by atoms with van der Waals surface area (Å²) in [6, 6.07) is 10.8. The summed E-state index contributed by atoms with van der Waals surface area (Å²) in [4.78, 5) is 6.83. The zero-order valence-electron chi connectivity index (χ0n) is 14.9. The van der Waals surface area contributed by atoms with E-state index in [1.165, 1.54) is 5.00 Å². The van der Waals surface area contributed by atoms with Gasteiger partial charge in [-0.05, 0) is 48.1 Å². The van der Waals surface area contributed by atoms with E-state index in [1.807, 2.05) is 36.6 Å². The van der Waals surface area contributed by atoms with Crippen LogP contribution in [0.5, 0.6) is 11.5 Å². The summed E-state index contributed by atoms with van der Waals surface area (Å²) >= 11 is 1.81. The van der Waals surface area contributed by atoms with Crippen LogP contribution in [0.25, 0.3) is 0 Å². The highest BCUT2D eigenvalue weighted by Crippen LogP contribution is 2.32. The van der Waals surface area contributed by atoms with Gasteiger partial charge in [-0.1, -0.05) is 6.07 Å². The Kier molecular flexibility index (Phi) is 5.15. The summed E-state index contributed by atoms with van der Waals surface area (Å²) in [5.74, 6) is 2.47. The Morgan fingerprint density at radius 2 is 2.08 bits per heavy atom. The van der Waals surface area contributed by atoms with Crippen LogP contribution in [-0.4, -0.2) is 38.9 Å². The van der Waals surface area contributed by atoms with E-state index in [1.54, 1.807) is 0 Å². The third-order valence-electron chi connectivity index (χ3n) is 4.77. The van der Waals surface area contributed by atoms with Gasteiger partial charge in [0.05, 0.1) is 5.00 Å². The molecule has 2 aliphatic heterocycles. The molecule has 0 amide bonds. The molecule has 1 aromatic heterocycles. The number of hydrogen-bond acceptors (Lipinski definition) is 5. The first-order chi connectivity index (χ1) is 12.8. The second kappa shape index (κ2) is 7.86. The van der Waals surface area contributed by atoms with Crippen LogP contribution in [0.2, 0.25) is 0 Å². The monoisotopic (exact) mass is 372 g/mol. The Hall–Kier alpha value is -2.41. The highest BCUT2D eigenvalue weighted by Gasteiger charge is 2.20. The van der Waals surface area contributed by atoms with Crippen molar-refractivity contribution in [3.05, 3.63) is 41.3 Å². The first-order valence-electron chi connectivity index (χ1n) is 8.96. The van der Waals surface area contributed by atoms with Crippen LogP contribution in [0.1, 0.15) is 18.4 Å². The van der Waals surface area contributed by atoms with E-state index < -0.39 is 0 Å². The fraction of sp³-hybridized carbons (Fsp3) is 0.421. The number of piperidine rings is 1. The maximum absolute atomic E-state index is 5.43. The molecule has 7 heteroatoms. The molecule has 4 rings (SSSR count). The van der Waals surface area contributed by atoms with Gasteiger partial charge >= 0.3 is 0 Å². The molecule has 26 heavy (non-hydrogen) atoms. The maximum atomic E-state index is 5.43. The van der Waals surface area contributed by atoms with Crippen molar-refractivity contribution in [1.29, 1.82) is 0 Å². The lowest BCUT2D eigenvalue weighted by Crippen LogP contribution is -2.48. The number of nitrogens with zero attached hydrogens (tertiary/aromatic N) is 2. The maximum Gasteiger partial charge on any atom is 0.231 e. The summed E-state index contributed by atoms with van der Waals surface area (Å²) < 4.78 is 10.8. The molecule has 0 atom stereocenters. The summed E-state index contributed by atoms with van der Waals surface area (Å²) in [6.07, 6.45) is 2.23. The molecule has 6 nitrogen and oxygen atoms in total. The number of benzene rings is 1. The summed E-state index contributed by atoms with van der Waals surface area (Å²) in [6.45, 7) is 3.17. The molecule has 0 radical (unpaired) electrons. The fourth-order valence-corrected chi connectivity index (χ4v) is 4.10. The lowest BCUT2D eigenvalue weighted by molar-refractivity contribution is 0.174. The number of hydrogen-bond donors (Lipinski definition) is 2. The lowest BCUT2D eigenvalue weighted by atomic mass is 10.1. The van der Waals surface area contributed by atoms with Crippen LogP contribution in [0.15, 0.2) is 40.7 Å². The molecule has 0 spiro atoms. The van der Waals surface area contributed by atoms with Crippen molar-refractivity contribution in [3.63, 3.8) is 0 Å². The summed E-state index contributed by atoms with van der Waals surface area (Å²) in [5, 5.41) is 10.5. The number of nitrogens with one attached hydrogen (secondary N) is 2. The van der Waals surface area contributed by atoms with E-state index in [0.29, 0.717) is 19.4 Å². The van der Waals surface area contributed by atoms with Gasteiger partial charge in [-0.25, -0.2) is 0 Å². The number of aliphatic imine (C=N–C) groups is 1. The number of thiophene rings is 1. The van der Waals surface area contributed by atoms with E-state index >= 15 is 0 Å². The van der Waals surface area contributed by atoms with E-state index in [2.05, 4.69) is 38.0 Å². The Morgan fingerprint density at radius 3 is 2.85 bits per heavy atom. The first kappa shape index (κ1) is 17.0. The quantitative estimate of drug-likeness (QED) is 0.638. The Morgan fingerprint density at radius 1 is 1.23 bits per heavy atom. The van der Waals surface area contributed by atoms with Gasteiger partial charge in [-0.3, -0.25) is 4.99 Å². The normalized spacial score (nSPS) is 17.4. The standard InChI is InChI=1S/C19H24N4O2S/c1-20-19(21-12-14-4-5-16-17(11-14)25-13-24-16)22-15-6-8-23(9-7-15)18-3-2-10-26-18/h2-5,10-11,15H,6-9,12-13H2,1H3,(H2,20,21,22). The Labute approximate surface area is 157 Å². The average molecular weight is 372 g/mol. The van der Waals surface area contributed by atoms with Gasteiger partial charge in [0.1, 0.15) is 0 Å². The minimum Gasteiger partial charge on any atom is -0.454 e. The van der Waals surface area contributed by atoms with Crippen LogP contribution < -0.4 is 25.0 Å². The first-order valence-corrected chi connectivity index (χ1v) is 9.84. The number of anilines is 1. The second-order valence-electron chi connectivity index (χ2n) is 6.47. The van der Waals surface area contributed by atoms with Gasteiger partial charge in [0.2, 0.25) is 6.79 Å². The van der Waals surface area contributed by atoms with Gasteiger partial charge in [0.15, 0.2) is 17.5 Å². The average Bonchev–Trinajstić information content (AvgIpc) is 3.37. The van der Waals surface area contributed by atoms with Crippen LogP contribution in [0.4, 0.5) is 5.00 Å². The highest BCUT2D eigenvalue weighted by molar-refractivity contribution is 7.14. The molecule has 0 aliphatic carbocycles. The van der Waals surface area contributed by atoms with Crippen molar-refractivity contribution in [2.45, 2.75) is 25.4 Å². The molecule has 2 aliphatic rings. The van der Waals surface area contributed by atoms with Crippen LogP contribution >= 0.6 is 11.3 Å². The number of rotatable bonds is 4. The molecule has 0 bridgehead atoms. The van der Waals surface area contributed by atoms with Crippen molar-refractivity contribution < 1.29 is 9.47 Å². The zero-order valence-corrected chi connectivity index (χ0v) is 15.7. The second-order valence-corrected chi connectivity index (χ2v) is 7.40. The summed E-state index contributed by atoms with van der Waals surface area (Å²) in [5.41, 5.74) is 1.14. The van der Waals surface area contributed by atoms with E-state index in [0.717, 1.165) is 49.0 Å². The fourth-order valence-electron chi connectivity index (χ4n) is 3.32. The van der Waals surface area contributed by atoms with Crippen LogP contribution in [0, 0.1) is 0 Å². The van der Waals surface area contributed by atoms with Gasteiger partial charge in [-0.2, -0.15) is 0 Å². The van der Waals surface area contributed by atoms with Crippen molar-refractivity contribution in [1.82, 2.24) is 10.6 Å². The molecule has 2 aromatic rings. The van der Waals surface area contributed by atoms with Crippen molar-refractivity contribution >= 4 is 22.3 Å². The molecule has 1 aromatic carbocycles. The largest absolute Gasteiger partial charge is 0.454 e. The molecule has 1 fully saturated rings. The minimum atomic E-state index is 0.305. The van der Waals surface area contributed by atoms with Crippen molar-refractivity contribution in [2.24, 2.45) is 4.99 Å². The highest BCUT2D eigenvalue weighted by atomic mass is 32.1. The van der Waals surface area contributed by atoms with E-state index in [9.17, 15) is 0 Å². The SMILES string of the molecule is CN=C(NCc1ccc2c(c1)OCO2)NC1CCN(c2cccs2)CC1. The molecule has 2 N–H and O–H groups in total. The number of ether oxygens (including phenoxy) is 2. The van der Waals surface area contributed by atoms with Gasteiger partial charge in [0.25, 0.3) is 0 Å². The summed E-state index contributed by atoms with van der Waals surface area (Å²) in [7, 11) is 1.82.